The van der Waals surface area contributed by atoms with Crippen LogP contribution in [-0.4, -0.2) is 27.5 Å². The molecule has 1 aliphatic carbocycles. The highest BCUT2D eigenvalue weighted by atomic mass is 32.2. The zero-order valence-electron chi connectivity index (χ0n) is 8.97. The molecule has 1 aliphatic rings. The van der Waals surface area contributed by atoms with E-state index < -0.39 is 4.92 Å². The van der Waals surface area contributed by atoms with Crippen molar-refractivity contribution in [3.05, 3.63) is 28.4 Å². The Kier molecular flexibility index (Phi) is 3.00. The first kappa shape index (κ1) is 11.2. The number of thioether (sulfide) groups is 1. The average Bonchev–Trinajstić information content (AvgIpc) is 3.07. The number of nitrogens with zero attached hydrogens (tertiary/aromatic N) is 2. The third-order valence-electron chi connectivity index (χ3n) is 2.80. The second-order valence-electron chi connectivity index (χ2n) is 3.87. The standard InChI is InChI=1S/C10H13N3O2S/c1-16-10(4-5-10)7-12-8-3-2-6-11-9(8)13(14)15/h2-3,6,12H,4-5,7H2,1H3. The van der Waals surface area contributed by atoms with E-state index in [0.29, 0.717) is 5.69 Å². The molecular weight excluding hydrogens is 226 g/mol. The number of nitro groups is 1. The highest BCUT2D eigenvalue weighted by Crippen LogP contribution is 2.47. The van der Waals surface area contributed by atoms with Crippen LogP contribution in [0.4, 0.5) is 11.5 Å². The van der Waals surface area contributed by atoms with Crippen molar-refractivity contribution < 1.29 is 4.92 Å². The van der Waals surface area contributed by atoms with Crippen molar-refractivity contribution in [1.29, 1.82) is 0 Å². The molecule has 1 fully saturated rings. The average molecular weight is 239 g/mol. The van der Waals surface area contributed by atoms with Crippen molar-refractivity contribution in [2.45, 2.75) is 17.6 Å². The highest BCUT2D eigenvalue weighted by molar-refractivity contribution is 8.00. The molecule has 1 saturated carbocycles. The Morgan fingerprint density at radius 1 is 1.69 bits per heavy atom. The minimum absolute atomic E-state index is 0.0978. The zero-order valence-corrected chi connectivity index (χ0v) is 9.79. The van der Waals surface area contributed by atoms with Crippen molar-refractivity contribution in [1.82, 2.24) is 4.98 Å². The summed E-state index contributed by atoms with van der Waals surface area (Å²) in [6, 6.07) is 3.40. The molecule has 0 amide bonds. The Balaban J connectivity index is 2.06. The Morgan fingerprint density at radius 2 is 2.44 bits per heavy atom. The fraction of sp³-hybridized carbons (Fsp3) is 0.500. The van der Waals surface area contributed by atoms with Crippen LogP contribution < -0.4 is 5.32 Å². The molecule has 2 rings (SSSR count). The van der Waals surface area contributed by atoms with E-state index in [1.54, 1.807) is 12.1 Å². The van der Waals surface area contributed by atoms with Crippen molar-refractivity contribution in [3.8, 4) is 0 Å². The molecule has 0 saturated heterocycles. The topological polar surface area (TPSA) is 68.1 Å². The van der Waals surface area contributed by atoms with E-state index in [-0.39, 0.29) is 10.6 Å². The van der Waals surface area contributed by atoms with E-state index >= 15 is 0 Å². The molecule has 0 aliphatic heterocycles. The molecule has 1 aromatic heterocycles. The van der Waals surface area contributed by atoms with Crippen molar-refractivity contribution in [3.63, 3.8) is 0 Å². The van der Waals surface area contributed by atoms with Crippen molar-refractivity contribution in [2.75, 3.05) is 18.1 Å². The molecule has 0 spiro atoms. The van der Waals surface area contributed by atoms with Gasteiger partial charge in [0.1, 0.15) is 11.9 Å². The zero-order chi connectivity index (χ0) is 11.6. The van der Waals surface area contributed by atoms with Crippen LogP contribution in [-0.2, 0) is 0 Å². The van der Waals surface area contributed by atoms with E-state index in [4.69, 9.17) is 0 Å². The number of pyridine rings is 1. The van der Waals surface area contributed by atoms with Gasteiger partial charge in [-0.2, -0.15) is 11.8 Å². The summed E-state index contributed by atoms with van der Waals surface area (Å²) < 4.78 is 0.281. The third kappa shape index (κ3) is 2.27. The molecule has 1 heterocycles. The van der Waals surface area contributed by atoms with Crippen LogP contribution in [0, 0.1) is 10.1 Å². The lowest BCUT2D eigenvalue weighted by atomic mass is 10.3. The molecule has 0 bridgehead atoms. The Bertz CT molecular complexity index is 407. The summed E-state index contributed by atoms with van der Waals surface area (Å²) in [5.41, 5.74) is 0.507. The van der Waals surface area contributed by atoms with E-state index in [1.807, 2.05) is 11.8 Å². The van der Waals surface area contributed by atoms with Crippen LogP contribution in [0.3, 0.4) is 0 Å². The van der Waals surface area contributed by atoms with Crippen molar-refractivity contribution in [2.24, 2.45) is 0 Å². The summed E-state index contributed by atoms with van der Waals surface area (Å²) in [6.45, 7) is 0.765. The second kappa shape index (κ2) is 4.29. The fourth-order valence-corrected chi connectivity index (χ4v) is 2.26. The van der Waals surface area contributed by atoms with Gasteiger partial charge in [0, 0.05) is 11.3 Å². The van der Waals surface area contributed by atoms with Gasteiger partial charge in [0.15, 0.2) is 0 Å². The molecule has 86 valence electrons. The quantitative estimate of drug-likeness (QED) is 0.630. The number of anilines is 1. The van der Waals surface area contributed by atoms with Crippen LogP contribution >= 0.6 is 11.8 Å². The van der Waals surface area contributed by atoms with E-state index in [9.17, 15) is 10.1 Å². The van der Waals surface area contributed by atoms with E-state index in [0.717, 1.165) is 6.54 Å². The predicted molar refractivity (Wildman–Crippen MR) is 64.9 cm³/mol. The van der Waals surface area contributed by atoms with Gasteiger partial charge in [0.25, 0.3) is 0 Å². The first-order valence-corrected chi connectivity index (χ1v) is 6.28. The summed E-state index contributed by atoms with van der Waals surface area (Å²) in [5.74, 6) is -0.0978. The normalized spacial score (nSPS) is 16.8. The number of hydrogen-bond donors (Lipinski definition) is 1. The molecule has 0 radical (unpaired) electrons. The Hall–Kier alpha value is -1.30. The molecule has 1 N–H and O–H groups in total. The molecule has 16 heavy (non-hydrogen) atoms. The molecular formula is C10H13N3O2S. The molecule has 1 aromatic rings. The maximum Gasteiger partial charge on any atom is 0.386 e. The predicted octanol–water partition coefficient (Wildman–Crippen LogP) is 2.30. The lowest BCUT2D eigenvalue weighted by Crippen LogP contribution is -2.18. The molecule has 0 aromatic carbocycles. The van der Waals surface area contributed by atoms with Gasteiger partial charge in [0.05, 0.1) is 0 Å². The fourth-order valence-electron chi connectivity index (χ4n) is 1.53. The Morgan fingerprint density at radius 3 is 3.00 bits per heavy atom. The number of rotatable bonds is 5. The van der Waals surface area contributed by atoms with Gasteiger partial charge < -0.3 is 15.4 Å². The number of nitrogens with one attached hydrogen (secondary N) is 1. The largest absolute Gasteiger partial charge is 0.386 e. The van der Waals surface area contributed by atoms with Gasteiger partial charge in [-0.15, -0.1) is 0 Å². The van der Waals surface area contributed by atoms with Crippen LogP contribution in [0.15, 0.2) is 18.3 Å². The highest BCUT2D eigenvalue weighted by Gasteiger charge is 2.41. The summed E-state index contributed by atoms with van der Waals surface area (Å²) >= 11 is 1.82. The third-order valence-corrected chi connectivity index (χ3v) is 4.22. The lowest BCUT2D eigenvalue weighted by Gasteiger charge is -2.13. The molecule has 0 atom stereocenters. The van der Waals surface area contributed by atoms with Crippen LogP contribution in [0.25, 0.3) is 0 Å². The van der Waals surface area contributed by atoms with Gasteiger partial charge in [0.2, 0.25) is 0 Å². The molecule has 5 nitrogen and oxygen atoms in total. The van der Waals surface area contributed by atoms with E-state index in [2.05, 4.69) is 16.6 Å². The second-order valence-corrected chi connectivity index (χ2v) is 5.15. The molecule has 0 unspecified atom stereocenters. The number of hydrogen-bond acceptors (Lipinski definition) is 5. The monoisotopic (exact) mass is 239 g/mol. The summed E-state index contributed by atoms with van der Waals surface area (Å²) in [4.78, 5) is 14.0. The van der Waals surface area contributed by atoms with Crippen LogP contribution in [0.1, 0.15) is 12.8 Å². The lowest BCUT2D eigenvalue weighted by molar-refractivity contribution is -0.388. The van der Waals surface area contributed by atoms with Gasteiger partial charge >= 0.3 is 5.82 Å². The van der Waals surface area contributed by atoms with Crippen molar-refractivity contribution >= 4 is 23.3 Å². The number of aromatic nitrogens is 1. The van der Waals surface area contributed by atoms with Gasteiger partial charge in [-0.25, -0.2) is 0 Å². The summed E-state index contributed by atoms with van der Waals surface area (Å²) in [7, 11) is 0. The first-order chi connectivity index (χ1) is 7.67. The smallest absolute Gasteiger partial charge is 0.377 e. The minimum atomic E-state index is -0.457. The van der Waals surface area contributed by atoms with Gasteiger partial charge in [-0.3, -0.25) is 0 Å². The van der Waals surface area contributed by atoms with Crippen LogP contribution in [0.5, 0.6) is 0 Å². The molecule has 6 heteroatoms. The maximum atomic E-state index is 10.7. The van der Waals surface area contributed by atoms with Crippen LogP contribution in [0.2, 0.25) is 0 Å². The minimum Gasteiger partial charge on any atom is -0.377 e. The Labute approximate surface area is 97.8 Å². The van der Waals surface area contributed by atoms with Gasteiger partial charge in [-0.05, 0) is 41.1 Å². The first-order valence-electron chi connectivity index (χ1n) is 5.05. The summed E-state index contributed by atoms with van der Waals surface area (Å²) in [5, 5.41) is 13.9. The maximum absolute atomic E-state index is 10.7. The van der Waals surface area contributed by atoms with E-state index in [1.165, 1.54) is 19.0 Å². The van der Waals surface area contributed by atoms with Gasteiger partial charge in [-0.1, -0.05) is 0 Å². The summed E-state index contributed by atoms with van der Waals surface area (Å²) in [6.07, 6.45) is 5.86. The SMILES string of the molecule is CSC1(CNc2cccnc2[N+](=O)[O-])CC1.